The van der Waals surface area contributed by atoms with Gasteiger partial charge in [-0.25, -0.2) is 4.98 Å². The second kappa shape index (κ2) is 5.68. The van der Waals surface area contributed by atoms with Crippen LogP contribution in [0.5, 0.6) is 0 Å². The van der Waals surface area contributed by atoms with E-state index in [1.807, 2.05) is 24.4 Å². The van der Waals surface area contributed by atoms with Gasteiger partial charge in [0.1, 0.15) is 5.82 Å². The van der Waals surface area contributed by atoms with E-state index in [1.165, 1.54) is 5.56 Å². The van der Waals surface area contributed by atoms with Crippen LogP contribution in [0.2, 0.25) is 5.02 Å². The summed E-state index contributed by atoms with van der Waals surface area (Å²) in [6.07, 6.45) is 4.56. The van der Waals surface area contributed by atoms with Crippen molar-refractivity contribution in [3.05, 3.63) is 53.1 Å². The molecule has 4 heteroatoms. The number of hydrogen-bond donors (Lipinski definition) is 2. The van der Waals surface area contributed by atoms with Gasteiger partial charge < -0.3 is 10.3 Å². The van der Waals surface area contributed by atoms with Crippen LogP contribution in [0.25, 0.3) is 0 Å². The van der Waals surface area contributed by atoms with E-state index in [1.54, 1.807) is 6.20 Å². The fourth-order valence-electron chi connectivity index (χ4n) is 1.53. The Morgan fingerprint density at radius 2 is 2.31 bits per heavy atom. The SMILES string of the molecule is Clc1cccc(CCNCc2ncc[nH]2)c1. The molecule has 1 heterocycles. The number of benzene rings is 1. The van der Waals surface area contributed by atoms with E-state index >= 15 is 0 Å². The molecule has 0 aliphatic heterocycles. The zero-order valence-electron chi connectivity index (χ0n) is 8.91. The average molecular weight is 236 g/mol. The Bertz CT molecular complexity index is 426. The molecule has 0 spiro atoms. The largest absolute Gasteiger partial charge is 0.348 e. The first-order valence-corrected chi connectivity index (χ1v) is 5.66. The molecule has 84 valence electrons. The number of hydrogen-bond acceptors (Lipinski definition) is 2. The predicted molar refractivity (Wildman–Crippen MR) is 65.5 cm³/mol. The Labute approximate surface area is 99.9 Å². The van der Waals surface area contributed by atoms with Crippen LogP contribution in [0, 0.1) is 0 Å². The lowest BCUT2D eigenvalue weighted by Crippen LogP contribution is -2.17. The molecule has 0 saturated heterocycles. The van der Waals surface area contributed by atoms with Crippen molar-refractivity contribution in [1.29, 1.82) is 0 Å². The minimum atomic E-state index is 0.771. The second-order valence-electron chi connectivity index (χ2n) is 3.59. The molecular weight excluding hydrogens is 222 g/mol. The van der Waals surface area contributed by atoms with Gasteiger partial charge in [0.2, 0.25) is 0 Å². The third-order valence-electron chi connectivity index (χ3n) is 2.33. The summed E-state index contributed by atoms with van der Waals surface area (Å²) in [4.78, 5) is 7.19. The van der Waals surface area contributed by atoms with E-state index in [0.29, 0.717) is 0 Å². The number of aromatic nitrogens is 2. The standard InChI is InChI=1S/C12H14ClN3/c13-11-3-1-2-10(8-11)4-5-14-9-12-15-6-7-16-12/h1-3,6-8,14H,4-5,9H2,(H,15,16). The maximum absolute atomic E-state index is 5.90. The molecule has 16 heavy (non-hydrogen) atoms. The zero-order valence-corrected chi connectivity index (χ0v) is 9.67. The molecule has 0 aliphatic rings. The Hall–Kier alpha value is -1.32. The minimum absolute atomic E-state index is 0.771. The lowest BCUT2D eigenvalue weighted by molar-refractivity contribution is 0.665. The second-order valence-corrected chi connectivity index (χ2v) is 4.03. The molecule has 0 fully saturated rings. The Morgan fingerprint density at radius 1 is 1.38 bits per heavy atom. The Kier molecular flexibility index (Phi) is 3.97. The summed E-state index contributed by atoms with van der Waals surface area (Å²) in [6.45, 7) is 1.69. The van der Waals surface area contributed by atoms with E-state index in [2.05, 4.69) is 21.4 Å². The zero-order chi connectivity index (χ0) is 11.2. The fraction of sp³-hybridized carbons (Fsp3) is 0.250. The van der Waals surface area contributed by atoms with Crippen molar-refractivity contribution in [3.63, 3.8) is 0 Å². The van der Waals surface area contributed by atoms with Crippen LogP contribution in [0.1, 0.15) is 11.4 Å². The van der Waals surface area contributed by atoms with Gasteiger partial charge in [-0.2, -0.15) is 0 Å². The van der Waals surface area contributed by atoms with E-state index in [4.69, 9.17) is 11.6 Å². The van der Waals surface area contributed by atoms with Crippen LogP contribution in [0.3, 0.4) is 0 Å². The summed E-state index contributed by atoms with van der Waals surface area (Å²) >= 11 is 5.90. The summed E-state index contributed by atoms with van der Waals surface area (Å²) in [6, 6.07) is 7.95. The Balaban J connectivity index is 1.72. The van der Waals surface area contributed by atoms with E-state index in [0.717, 1.165) is 30.4 Å². The number of H-pyrrole nitrogens is 1. The first kappa shape index (κ1) is 11.2. The van der Waals surface area contributed by atoms with Crippen molar-refractivity contribution in [1.82, 2.24) is 15.3 Å². The smallest absolute Gasteiger partial charge is 0.120 e. The molecule has 0 aliphatic carbocycles. The van der Waals surface area contributed by atoms with Crippen molar-refractivity contribution in [3.8, 4) is 0 Å². The highest BCUT2D eigenvalue weighted by atomic mass is 35.5. The van der Waals surface area contributed by atoms with Gasteiger partial charge in [-0.05, 0) is 30.7 Å². The molecule has 2 rings (SSSR count). The fourth-order valence-corrected chi connectivity index (χ4v) is 1.74. The number of aromatic amines is 1. The number of nitrogens with zero attached hydrogens (tertiary/aromatic N) is 1. The van der Waals surface area contributed by atoms with Gasteiger partial charge >= 0.3 is 0 Å². The lowest BCUT2D eigenvalue weighted by Gasteiger charge is -2.03. The average Bonchev–Trinajstić information content (AvgIpc) is 2.77. The molecule has 3 nitrogen and oxygen atoms in total. The van der Waals surface area contributed by atoms with Gasteiger partial charge in [0, 0.05) is 17.4 Å². The molecule has 1 aromatic heterocycles. The first-order chi connectivity index (χ1) is 7.84. The van der Waals surface area contributed by atoms with Gasteiger partial charge in [-0.1, -0.05) is 23.7 Å². The van der Waals surface area contributed by atoms with Gasteiger partial charge in [0.15, 0.2) is 0 Å². The summed E-state index contributed by atoms with van der Waals surface area (Å²) in [5.41, 5.74) is 1.25. The third-order valence-corrected chi connectivity index (χ3v) is 2.56. The predicted octanol–water partition coefficient (Wildman–Crippen LogP) is 2.40. The molecule has 0 unspecified atom stereocenters. The molecule has 0 saturated carbocycles. The van der Waals surface area contributed by atoms with E-state index < -0.39 is 0 Å². The molecule has 2 N–H and O–H groups in total. The van der Waals surface area contributed by atoms with Crippen LogP contribution >= 0.6 is 11.6 Å². The highest BCUT2D eigenvalue weighted by molar-refractivity contribution is 6.30. The van der Waals surface area contributed by atoms with Crippen molar-refractivity contribution in [2.45, 2.75) is 13.0 Å². The number of nitrogens with one attached hydrogen (secondary N) is 2. The van der Waals surface area contributed by atoms with Gasteiger partial charge in [-0.15, -0.1) is 0 Å². The summed E-state index contributed by atoms with van der Waals surface area (Å²) < 4.78 is 0. The van der Waals surface area contributed by atoms with Crippen molar-refractivity contribution < 1.29 is 0 Å². The number of imidazole rings is 1. The number of halogens is 1. The van der Waals surface area contributed by atoms with Gasteiger partial charge in [0.05, 0.1) is 6.54 Å². The number of rotatable bonds is 5. The van der Waals surface area contributed by atoms with E-state index in [-0.39, 0.29) is 0 Å². The summed E-state index contributed by atoms with van der Waals surface area (Å²) in [5.74, 6) is 0.964. The summed E-state index contributed by atoms with van der Waals surface area (Å²) in [7, 11) is 0. The topological polar surface area (TPSA) is 40.7 Å². The molecule has 0 radical (unpaired) electrons. The lowest BCUT2D eigenvalue weighted by atomic mass is 10.1. The van der Waals surface area contributed by atoms with Crippen molar-refractivity contribution in [2.75, 3.05) is 6.54 Å². The van der Waals surface area contributed by atoms with Gasteiger partial charge in [-0.3, -0.25) is 0 Å². The third kappa shape index (κ3) is 3.36. The van der Waals surface area contributed by atoms with Crippen LogP contribution < -0.4 is 5.32 Å². The normalized spacial score (nSPS) is 10.6. The van der Waals surface area contributed by atoms with Crippen LogP contribution in [0.15, 0.2) is 36.7 Å². The molecule has 0 amide bonds. The summed E-state index contributed by atoms with van der Waals surface area (Å²) in [5, 5.41) is 4.11. The minimum Gasteiger partial charge on any atom is -0.348 e. The van der Waals surface area contributed by atoms with Crippen LogP contribution in [0.4, 0.5) is 0 Å². The monoisotopic (exact) mass is 235 g/mol. The molecule has 0 bridgehead atoms. The van der Waals surface area contributed by atoms with Gasteiger partial charge in [0.25, 0.3) is 0 Å². The highest BCUT2D eigenvalue weighted by Crippen LogP contribution is 2.10. The van der Waals surface area contributed by atoms with Crippen molar-refractivity contribution >= 4 is 11.6 Å². The Morgan fingerprint density at radius 3 is 3.06 bits per heavy atom. The molecular formula is C12H14ClN3. The quantitative estimate of drug-likeness (QED) is 0.782. The molecule has 0 atom stereocenters. The van der Waals surface area contributed by atoms with Crippen LogP contribution in [-0.2, 0) is 13.0 Å². The van der Waals surface area contributed by atoms with Crippen molar-refractivity contribution in [2.24, 2.45) is 0 Å². The van der Waals surface area contributed by atoms with E-state index in [9.17, 15) is 0 Å². The first-order valence-electron chi connectivity index (χ1n) is 5.28. The highest BCUT2D eigenvalue weighted by Gasteiger charge is 1.96. The maximum atomic E-state index is 5.90. The molecule has 1 aromatic carbocycles. The maximum Gasteiger partial charge on any atom is 0.120 e. The van der Waals surface area contributed by atoms with Crippen LogP contribution in [-0.4, -0.2) is 16.5 Å². The molecule has 2 aromatic rings.